The second-order valence-electron chi connectivity index (χ2n) is 4.34. The molecule has 0 radical (unpaired) electrons. The highest BCUT2D eigenvalue weighted by Crippen LogP contribution is 2.17. The van der Waals surface area contributed by atoms with Gasteiger partial charge in [0.2, 0.25) is 0 Å². The van der Waals surface area contributed by atoms with E-state index in [1.807, 2.05) is 6.92 Å². The minimum atomic E-state index is -0.520. The van der Waals surface area contributed by atoms with Crippen molar-refractivity contribution in [2.45, 2.75) is 25.8 Å². The third-order valence-electron chi connectivity index (χ3n) is 2.57. The van der Waals surface area contributed by atoms with Crippen LogP contribution in [0.3, 0.4) is 0 Å². The van der Waals surface area contributed by atoms with Gasteiger partial charge >= 0.3 is 0 Å². The molecule has 1 amide bonds. The summed E-state index contributed by atoms with van der Waals surface area (Å²) in [4.78, 5) is 23.6. The van der Waals surface area contributed by atoms with Crippen molar-refractivity contribution in [3.05, 3.63) is 10.8 Å². The Bertz CT molecular complexity index is 543. The van der Waals surface area contributed by atoms with Crippen LogP contribution in [0.2, 0.25) is 5.15 Å². The highest BCUT2D eigenvalue weighted by molar-refractivity contribution is 6.31. The summed E-state index contributed by atoms with van der Waals surface area (Å²) < 4.78 is 0. The van der Waals surface area contributed by atoms with Crippen LogP contribution in [0.5, 0.6) is 0 Å². The molecule has 0 aliphatic heterocycles. The third-order valence-corrected chi connectivity index (χ3v) is 2.85. The molecule has 0 saturated heterocycles. The van der Waals surface area contributed by atoms with Crippen LogP contribution in [0.25, 0.3) is 0 Å². The van der Waals surface area contributed by atoms with Gasteiger partial charge in [-0.1, -0.05) is 24.9 Å². The predicted molar refractivity (Wildman–Crippen MR) is 82.7 cm³/mol. The van der Waals surface area contributed by atoms with E-state index < -0.39 is 5.91 Å². The van der Waals surface area contributed by atoms with Gasteiger partial charge in [-0.2, -0.15) is 0 Å². The van der Waals surface area contributed by atoms with E-state index >= 15 is 0 Å². The van der Waals surface area contributed by atoms with E-state index in [0.717, 1.165) is 12.8 Å². The van der Waals surface area contributed by atoms with Crippen LogP contribution < -0.4 is 28.3 Å². The van der Waals surface area contributed by atoms with Crippen molar-refractivity contribution in [1.29, 1.82) is 0 Å². The summed E-state index contributed by atoms with van der Waals surface area (Å²) in [5, 5.41) is 2.56. The van der Waals surface area contributed by atoms with E-state index in [1.54, 1.807) is 0 Å². The lowest BCUT2D eigenvalue weighted by Crippen LogP contribution is -2.35. The number of halogens is 1. The van der Waals surface area contributed by atoms with Gasteiger partial charge in [-0.05, 0) is 6.42 Å². The van der Waals surface area contributed by atoms with Crippen LogP contribution in [0.15, 0.2) is 4.99 Å². The van der Waals surface area contributed by atoms with Gasteiger partial charge in [0.1, 0.15) is 0 Å². The smallest absolute Gasteiger partial charge is 0.273 e. The molecule has 0 aliphatic rings. The SMILES string of the molecule is CCCC(CNC(=O)c1nc(Cl)c(N)nc1N)N=C(N)N. The molecule has 1 unspecified atom stereocenters. The first-order valence-electron chi connectivity index (χ1n) is 6.30. The second kappa shape index (κ2) is 7.48. The molecule has 0 saturated carbocycles. The number of nitrogen functional groups attached to an aromatic ring is 2. The molecule has 9 nitrogen and oxygen atoms in total. The van der Waals surface area contributed by atoms with Crippen LogP contribution in [0.1, 0.15) is 30.3 Å². The van der Waals surface area contributed by atoms with Crippen molar-refractivity contribution < 1.29 is 4.79 Å². The van der Waals surface area contributed by atoms with E-state index in [-0.39, 0.29) is 41.0 Å². The third kappa shape index (κ3) is 4.95. The lowest BCUT2D eigenvalue weighted by molar-refractivity contribution is 0.0946. The Kier molecular flexibility index (Phi) is 5.97. The minimum Gasteiger partial charge on any atom is -0.382 e. The number of hydrogen-bond donors (Lipinski definition) is 5. The van der Waals surface area contributed by atoms with E-state index in [9.17, 15) is 4.79 Å². The van der Waals surface area contributed by atoms with Crippen LogP contribution in [-0.4, -0.2) is 34.4 Å². The summed E-state index contributed by atoms with van der Waals surface area (Å²) in [5.74, 6) is -0.676. The number of nitrogens with zero attached hydrogens (tertiary/aromatic N) is 3. The molecule has 116 valence electrons. The number of guanidine groups is 1. The Hall–Kier alpha value is -2.29. The molecule has 0 fully saturated rings. The molecule has 1 heterocycles. The Labute approximate surface area is 127 Å². The number of hydrogen-bond acceptors (Lipinski definition) is 6. The van der Waals surface area contributed by atoms with Gasteiger partial charge in [0.25, 0.3) is 5.91 Å². The zero-order valence-corrected chi connectivity index (χ0v) is 12.4. The van der Waals surface area contributed by atoms with Crippen LogP contribution >= 0.6 is 11.6 Å². The first kappa shape index (κ1) is 16.8. The minimum absolute atomic E-state index is 0.0301. The summed E-state index contributed by atoms with van der Waals surface area (Å²) in [6, 6.07) is -0.220. The number of carbonyl (C=O) groups excluding carboxylic acids is 1. The van der Waals surface area contributed by atoms with Crippen molar-refractivity contribution in [2.24, 2.45) is 16.5 Å². The van der Waals surface area contributed by atoms with Gasteiger partial charge < -0.3 is 28.3 Å². The van der Waals surface area contributed by atoms with Crippen molar-refractivity contribution in [1.82, 2.24) is 15.3 Å². The number of rotatable bonds is 6. The monoisotopic (exact) mass is 314 g/mol. The molecule has 1 rings (SSSR count). The number of aromatic nitrogens is 2. The highest BCUT2D eigenvalue weighted by Gasteiger charge is 2.17. The predicted octanol–water partition coefficient (Wildman–Crippen LogP) is -0.534. The highest BCUT2D eigenvalue weighted by atomic mass is 35.5. The van der Waals surface area contributed by atoms with Gasteiger partial charge in [-0.15, -0.1) is 0 Å². The maximum Gasteiger partial charge on any atom is 0.273 e. The molecule has 10 heteroatoms. The lowest BCUT2D eigenvalue weighted by Gasteiger charge is -2.13. The van der Waals surface area contributed by atoms with Gasteiger partial charge in [-0.3, -0.25) is 4.79 Å². The molecule has 9 N–H and O–H groups in total. The zero-order chi connectivity index (χ0) is 16.0. The van der Waals surface area contributed by atoms with Gasteiger partial charge in [-0.25, -0.2) is 15.0 Å². The van der Waals surface area contributed by atoms with E-state index in [1.165, 1.54) is 0 Å². The summed E-state index contributed by atoms with van der Waals surface area (Å²) in [7, 11) is 0. The molecular formula is C11H19ClN8O. The molecule has 0 bridgehead atoms. The van der Waals surface area contributed by atoms with Crippen LogP contribution in [0, 0.1) is 0 Å². The standard InChI is InChI=1S/C11H19ClN8O/c1-2-3-5(18-11(15)16)4-17-10(21)6-8(13)20-9(14)7(12)19-6/h5H,2-4H2,1H3,(H,17,21)(H4,13,14,20)(H4,15,16,18). The summed E-state index contributed by atoms with van der Waals surface area (Å²) in [6.45, 7) is 2.23. The lowest BCUT2D eigenvalue weighted by atomic mass is 10.2. The summed E-state index contributed by atoms with van der Waals surface area (Å²) in [6.07, 6.45) is 1.59. The Balaban J connectivity index is 2.77. The molecular weight excluding hydrogens is 296 g/mol. The Morgan fingerprint density at radius 3 is 2.57 bits per heavy atom. The molecule has 1 aromatic rings. The fourth-order valence-electron chi connectivity index (χ4n) is 1.66. The quantitative estimate of drug-likeness (QED) is 0.346. The first-order chi connectivity index (χ1) is 9.85. The molecule has 21 heavy (non-hydrogen) atoms. The number of aliphatic imine (C=N–C) groups is 1. The fourth-order valence-corrected chi connectivity index (χ4v) is 1.79. The van der Waals surface area contributed by atoms with Gasteiger partial charge in [0.05, 0.1) is 6.04 Å². The topological polar surface area (TPSA) is 171 Å². The Morgan fingerprint density at radius 1 is 1.33 bits per heavy atom. The van der Waals surface area contributed by atoms with Gasteiger partial charge in [0.15, 0.2) is 28.4 Å². The summed E-state index contributed by atoms with van der Waals surface area (Å²) in [5.41, 5.74) is 21.6. The molecule has 1 atom stereocenters. The zero-order valence-electron chi connectivity index (χ0n) is 11.6. The van der Waals surface area contributed by atoms with Crippen molar-refractivity contribution in [3.63, 3.8) is 0 Å². The van der Waals surface area contributed by atoms with Crippen LogP contribution in [0.4, 0.5) is 11.6 Å². The molecule has 1 aromatic heterocycles. The van der Waals surface area contributed by atoms with Gasteiger partial charge in [0, 0.05) is 6.54 Å². The first-order valence-corrected chi connectivity index (χ1v) is 6.68. The van der Waals surface area contributed by atoms with Crippen molar-refractivity contribution in [2.75, 3.05) is 18.0 Å². The van der Waals surface area contributed by atoms with E-state index in [0.29, 0.717) is 0 Å². The number of nitrogens with two attached hydrogens (primary N) is 4. The van der Waals surface area contributed by atoms with E-state index in [2.05, 4.69) is 20.3 Å². The average molecular weight is 315 g/mol. The largest absolute Gasteiger partial charge is 0.382 e. The number of carbonyl (C=O) groups is 1. The van der Waals surface area contributed by atoms with Crippen molar-refractivity contribution in [3.8, 4) is 0 Å². The Morgan fingerprint density at radius 2 is 2.00 bits per heavy atom. The maximum atomic E-state index is 12.0. The van der Waals surface area contributed by atoms with Crippen molar-refractivity contribution >= 4 is 35.1 Å². The summed E-state index contributed by atoms with van der Waals surface area (Å²) >= 11 is 5.72. The number of anilines is 2. The number of nitrogens with one attached hydrogen (secondary N) is 1. The molecule has 0 spiro atoms. The number of amides is 1. The molecule has 0 aliphatic carbocycles. The molecule has 0 aromatic carbocycles. The average Bonchev–Trinajstić information content (AvgIpc) is 2.39. The normalized spacial score (nSPS) is 11.7. The second-order valence-corrected chi connectivity index (χ2v) is 4.70. The maximum absolute atomic E-state index is 12.0. The van der Waals surface area contributed by atoms with Crippen LogP contribution in [-0.2, 0) is 0 Å². The fraction of sp³-hybridized carbons (Fsp3) is 0.455. The van der Waals surface area contributed by atoms with E-state index in [4.69, 9.17) is 34.5 Å².